The Labute approximate surface area is 205 Å². The Morgan fingerprint density at radius 3 is 2.56 bits per heavy atom. The summed E-state index contributed by atoms with van der Waals surface area (Å²) in [6.45, 7) is 14.0. The van der Waals surface area contributed by atoms with Crippen molar-refractivity contribution in [3.05, 3.63) is 59.0 Å². The van der Waals surface area contributed by atoms with Crippen LogP contribution in [0.3, 0.4) is 0 Å². The summed E-state index contributed by atoms with van der Waals surface area (Å²) in [5, 5.41) is 12.2. The molecule has 9 heteroatoms. The van der Waals surface area contributed by atoms with Gasteiger partial charge in [-0.15, -0.1) is 10.2 Å². The average Bonchev–Trinajstić information content (AvgIpc) is 3.23. The Bertz CT molecular complexity index is 1120. The third-order valence-electron chi connectivity index (χ3n) is 6.18. The van der Waals surface area contributed by atoms with Crippen molar-refractivity contribution >= 4 is 23.5 Å². The number of nitrogens with one attached hydrogen (secondary N) is 1. The number of carbonyl (C=O) groups is 1. The highest BCUT2D eigenvalue weighted by atomic mass is 32.2. The second kappa shape index (κ2) is 11.0. The third kappa shape index (κ3) is 5.77. The maximum absolute atomic E-state index is 12.5. The molecule has 0 saturated carbocycles. The SMILES string of the molecule is CCN1CCN(c2ccc(CNC(=O)CSc3nnc(C)n3-c3cc(C)ccc3C)cn2)CC1. The molecule has 1 amide bonds. The number of hydrogen-bond donors (Lipinski definition) is 1. The summed E-state index contributed by atoms with van der Waals surface area (Å²) in [6, 6.07) is 10.4. The summed E-state index contributed by atoms with van der Waals surface area (Å²) in [5.74, 6) is 2.04. The molecule has 3 aromatic rings. The fraction of sp³-hybridized carbons (Fsp3) is 0.440. The van der Waals surface area contributed by atoms with Crippen LogP contribution in [0.4, 0.5) is 5.82 Å². The number of nitrogens with zero attached hydrogens (tertiary/aromatic N) is 6. The number of benzene rings is 1. The number of thioether (sulfide) groups is 1. The molecular formula is C25H33N7OS. The number of likely N-dealkylation sites (N-methyl/N-ethyl adjacent to an activating group) is 1. The standard InChI is InChI=1S/C25H33N7OS/c1-5-30-10-12-31(13-11-30)23-9-8-21(15-26-23)16-27-24(33)17-34-25-29-28-20(4)32(25)22-14-18(2)6-7-19(22)3/h6-9,14-15H,5,10-13,16-17H2,1-4H3,(H,27,33). The van der Waals surface area contributed by atoms with Crippen molar-refractivity contribution in [1.29, 1.82) is 0 Å². The summed E-state index contributed by atoms with van der Waals surface area (Å²) in [5.41, 5.74) is 4.35. The second-order valence-electron chi connectivity index (χ2n) is 8.67. The summed E-state index contributed by atoms with van der Waals surface area (Å²) in [4.78, 5) is 21.9. The predicted octanol–water partition coefficient (Wildman–Crippen LogP) is 3.14. The van der Waals surface area contributed by atoms with Crippen LogP contribution in [0.1, 0.15) is 29.4 Å². The van der Waals surface area contributed by atoms with Crippen molar-refractivity contribution in [2.75, 3.05) is 43.4 Å². The normalized spacial score (nSPS) is 14.4. The smallest absolute Gasteiger partial charge is 0.230 e. The zero-order chi connectivity index (χ0) is 24.1. The van der Waals surface area contributed by atoms with Crippen LogP contribution in [-0.2, 0) is 11.3 Å². The van der Waals surface area contributed by atoms with E-state index in [1.807, 2.05) is 29.8 Å². The minimum absolute atomic E-state index is 0.0436. The van der Waals surface area contributed by atoms with Crippen LogP contribution in [0.2, 0.25) is 0 Å². The number of amides is 1. The number of rotatable bonds is 8. The molecular weight excluding hydrogens is 446 g/mol. The van der Waals surface area contributed by atoms with E-state index in [0.29, 0.717) is 6.54 Å². The molecule has 0 aliphatic carbocycles. The van der Waals surface area contributed by atoms with Crippen molar-refractivity contribution < 1.29 is 4.79 Å². The third-order valence-corrected chi connectivity index (χ3v) is 7.10. The summed E-state index contributed by atoms with van der Waals surface area (Å²) in [7, 11) is 0. The number of aromatic nitrogens is 4. The first-order valence-electron chi connectivity index (χ1n) is 11.8. The van der Waals surface area contributed by atoms with Crippen molar-refractivity contribution in [2.45, 2.75) is 39.4 Å². The highest BCUT2D eigenvalue weighted by Gasteiger charge is 2.17. The second-order valence-corrected chi connectivity index (χ2v) is 9.61. The fourth-order valence-corrected chi connectivity index (χ4v) is 4.88. The monoisotopic (exact) mass is 479 g/mol. The topological polar surface area (TPSA) is 79.2 Å². The Kier molecular flexibility index (Phi) is 7.84. The molecule has 3 heterocycles. The summed E-state index contributed by atoms with van der Waals surface area (Å²) in [6.07, 6.45) is 1.86. The van der Waals surface area contributed by atoms with Gasteiger partial charge < -0.3 is 15.1 Å². The first-order chi connectivity index (χ1) is 16.4. The van der Waals surface area contributed by atoms with Crippen LogP contribution in [0.15, 0.2) is 41.7 Å². The largest absolute Gasteiger partial charge is 0.354 e. The molecule has 1 aromatic carbocycles. The Balaban J connectivity index is 1.30. The van der Waals surface area contributed by atoms with Crippen LogP contribution < -0.4 is 10.2 Å². The molecule has 1 fully saturated rings. The zero-order valence-corrected chi connectivity index (χ0v) is 21.2. The molecule has 180 valence electrons. The van der Waals surface area contributed by atoms with Gasteiger partial charge in [0.15, 0.2) is 5.16 Å². The molecule has 1 N–H and O–H groups in total. The number of anilines is 1. The van der Waals surface area contributed by atoms with Crippen molar-refractivity contribution in [3.8, 4) is 5.69 Å². The summed E-state index contributed by atoms with van der Waals surface area (Å²) < 4.78 is 2.02. The van der Waals surface area contributed by atoms with Gasteiger partial charge in [0.25, 0.3) is 0 Å². The van der Waals surface area contributed by atoms with Gasteiger partial charge in [-0.2, -0.15) is 0 Å². The lowest BCUT2D eigenvalue weighted by Gasteiger charge is -2.34. The molecule has 2 aromatic heterocycles. The first kappa shape index (κ1) is 24.2. The number of hydrogen-bond acceptors (Lipinski definition) is 7. The van der Waals surface area contributed by atoms with Gasteiger partial charge in [0, 0.05) is 38.9 Å². The number of piperazine rings is 1. The van der Waals surface area contributed by atoms with Gasteiger partial charge in [0.05, 0.1) is 11.4 Å². The molecule has 1 aliphatic rings. The first-order valence-corrected chi connectivity index (χ1v) is 12.7. The fourth-order valence-electron chi connectivity index (χ4n) is 4.06. The van der Waals surface area contributed by atoms with Crippen molar-refractivity contribution in [3.63, 3.8) is 0 Å². The van der Waals surface area contributed by atoms with E-state index in [1.165, 1.54) is 17.3 Å². The number of pyridine rings is 1. The lowest BCUT2D eigenvalue weighted by atomic mass is 10.1. The van der Waals surface area contributed by atoms with E-state index in [9.17, 15) is 4.79 Å². The Morgan fingerprint density at radius 2 is 1.85 bits per heavy atom. The Hall–Kier alpha value is -2.91. The van der Waals surface area contributed by atoms with Crippen LogP contribution in [0.5, 0.6) is 0 Å². The Morgan fingerprint density at radius 1 is 1.06 bits per heavy atom. The molecule has 0 atom stereocenters. The van der Waals surface area contributed by atoms with Gasteiger partial charge >= 0.3 is 0 Å². The molecule has 0 unspecified atom stereocenters. The molecule has 1 saturated heterocycles. The molecule has 0 bridgehead atoms. The molecule has 34 heavy (non-hydrogen) atoms. The highest BCUT2D eigenvalue weighted by Crippen LogP contribution is 2.24. The molecule has 8 nitrogen and oxygen atoms in total. The lowest BCUT2D eigenvalue weighted by Crippen LogP contribution is -2.46. The lowest BCUT2D eigenvalue weighted by molar-refractivity contribution is -0.118. The van der Waals surface area contributed by atoms with E-state index >= 15 is 0 Å². The summed E-state index contributed by atoms with van der Waals surface area (Å²) >= 11 is 1.39. The van der Waals surface area contributed by atoms with Gasteiger partial charge in [-0.25, -0.2) is 4.98 Å². The predicted molar refractivity (Wildman–Crippen MR) is 137 cm³/mol. The maximum Gasteiger partial charge on any atom is 0.230 e. The average molecular weight is 480 g/mol. The molecule has 0 spiro atoms. The van der Waals surface area contributed by atoms with Crippen LogP contribution in [-0.4, -0.2) is 69.0 Å². The van der Waals surface area contributed by atoms with Gasteiger partial charge in [0.1, 0.15) is 11.6 Å². The van der Waals surface area contributed by atoms with E-state index in [-0.39, 0.29) is 11.7 Å². The van der Waals surface area contributed by atoms with E-state index in [4.69, 9.17) is 0 Å². The highest BCUT2D eigenvalue weighted by molar-refractivity contribution is 7.99. The quantitative estimate of drug-likeness (QED) is 0.497. The zero-order valence-electron chi connectivity index (χ0n) is 20.4. The van der Waals surface area contributed by atoms with Crippen LogP contribution in [0.25, 0.3) is 5.69 Å². The van der Waals surface area contributed by atoms with Gasteiger partial charge in [0.2, 0.25) is 5.91 Å². The van der Waals surface area contributed by atoms with Gasteiger partial charge in [-0.3, -0.25) is 9.36 Å². The molecule has 1 aliphatic heterocycles. The van der Waals surface area contributed by atoms with E-state index in [1.54, 1.807) is 0 Å². The van der Waals surface area contributed by atoms with E-state index in [2.05, 4.69) is 69.3 Å². The van der Waals surface area contributed by atoms with Gasteiger partial charge in [-0.05, 0) is 56.1 Å². The van der Waals surface area contributed by atoms with E-state index < -0.39 is 0 Å². The van der Waals surface area contributed by atoms with Crippen molar-refractivity contribution in [1.82, 2.24) is 30.0 Å². The number of aryl methyl sites for hydroxylation is 3. The van der Waals surface area contributed by atoms with Crippen LogP contribution >= 0.6 is 11.8 Å². The maximum atomic E-state index is 12.5. The minimum Gasteiger partial charge on any atom is -0.354 e. The number of carbonyl (C=O) groups excluding carboxylic acids is 1. The minimum atomic E-state index is -0.0436. The van der Waals surface area contributed by atoms with Crippen molar-refractivity contribution in [2.24, 2.45) is 0 Å². The van der Waals surface area contributed by atoms with Crippen LogP contribution in [0, 0.1) is 20.8 Å². The van der Waals surface area contributed by atoms with Gasteiger partial charge in [-0.1, -0.05) is 36.9 Å². The molecule has 4 rings (SSSR count). The molecule has 0 radical (unpaired) electrons. The van der Waals surface area contributed by atoms with E-state index in [0.717, 1.165) is 66.3 Å².